The van der Waals surface area contributed by atoms with Gasteiger partial charge in [-0.1, -0.05) is 36.4 Å². The molecular weight excluding hydrogens is 340 g/mol. The van der Waals surface area contributed by atoms with Crippen LogP contribution in [0.5, 0.6) is 17.4 Å². The highest BCUT2D eigenvalue weighted by Crippen LogP contribution is 2.45. The van der Waals surface area contributed by atoms with Gasteiger partial charge >= 0.3 is 0 Å². The maximum atomic E-state index is 9.87. The Morgan fingerprint density at radius 3 is 2.70 bits per heavy atom. The molecule has 0 aliphatic carbocycles. The molecule has 27 heavy (non-hydrogen) atoms. The largest absolute Gasteiger partial charge is 0.508 e. The number of phenolic OH excluding ortho intramolecular Hbond substituents is 1. The summed E-state index contributed by atoms with van der Waals surface area (Å²) in [5, 5.41) is 18.7. The van der Waals surface area contributed by atoms with Crippen LogP contribution in [0, 0.1) is 5.41 Å². The summed E-state index contributed by atoms with van der Waals surface area (Å²) >= 11 is 0. The normalized spacial score (nSPS) is 15.1. The Labute approximate surface area is 157 Å². The highest BCUT2D eigenvalue weighted by Gasteiger charge is 2.32. The van der Waals surface area contributed by atoms with Crippen LogP contribution in [-0.2, 0) is 6.54 Å². The lowest BCUT2D eigenvalue weighted by atomic mass is 9.84. The number of phenols is 1. The number of nitrogens with zero attached hydrogens (tertiary/aromatic N) is 3. The van der Waals surface area contributed by atoms with Gasteiger partial charge in [0.25, 0.3) is 0 Å². The SMILES string of the molecule is CN(C)CCn1cnc2c(c1=N)[C@@H](c1ccccc1)c1ccc(O)cc1O2. The molecule has 4 rings (SSSR count). The van der Waals surface area contributed by atoms with Gasteiger partial charge < -0.3 is 19.3 Å². The molecule has 0 radical (unpaired) electrons. The fourth-order valence-corrected chi connectivity index (χ4v) is 3.43. The van der Waals surface area contributed by atoms with Crippen LogP contribution in [0.15, 0.2) is 54.9 Å². The second kappa shape index (κ2) is 6.89. The van der Waals surface area contributed by atoms with Gasteiger partial charge in [0, 0.05) is 30.6 Å². The van der Waals surface area contributed by atoms with Crippen LogP contribution in [0.3, 0.4) is 0 Å². The standard InChI is InChI=1S/C21H22N4O2/c1-24(2)10-11-25-13-23-21-19(20(25)22)18(14-6-4-3-5-7-14)16-9-8-15(26)12-17(16)27-21/h3-9,12-13,18,22,26H,10-11H2,1-2H3/t18-/m0/s1. The molecule has 0 bridgehead atoms. The van der Waals surface area contributed by atoms with Crippen LogP contribution >= 0.6 is 0 Å². The number of aromatic hydroxyl groups is 1. The summed E-state index contributed by atoms with van der Waals surface area (Å²) in [6.07, 6.45) is 1.65. The van der Waals surface area contributed by atoms with E-state index in [0.717, 1.165) is 23.2 Å². The Morgan fingerprint density at radius 2 is 1.96 bits per heavy atom. The van der Waals surface area contributed by atoms with E-state index in [0.29, 0.717) is 23.7 Å². The van der Waals surface area contributed by atoms with Gasteiger partial charge in [-0.25, -0.2) is 4.98 Å². The van der Waals surface area contributed by atoms with Crippen molar-refractivity contribution >= 4 is 0 Å². The van der Waals surface area contributed by atoms with Crippen LogP contribution in [0.2, 0.25) is 0 Å². The number of hydrogen-bond donors (Lipinski definition) is 2. The van der Waals surface area contributed by atoms with Crippen LogP contribution in [-0.4, -0.2) is 40.2 Å². The Bertz CT molecular complexity index is 1030. The average Bonchev–Trinajstić information content (AvgIpc) is 2.66. The van der Waals surface area contributed by atoms with Crippen molar-refractivity contribution < 1.29 is 9.84 Å². The van der Waals surface area contributed by atoms with E-state index in [9.17, 15) is 5.11 Å². The van der Waals surface area contributed by atoms with Gasteiger partial charge in [-0.3, -0.25) is 5.41 Å². The first-order valence-corrected chi connectivity index (χ1v) is 8.89. The molecule has 0 amide bonds. The summed E-state index contributed by atoms with van der Waals surface area (Å²) in [7, 11) is 4.02. The molecule has 0 unspecified atom stereocenters. The van der Waals surface area contributed by atoms with Crippen LogP contribution in [0.25, 0.3) is 0 Å². The minimum absolute atomic E-state index is 0.145. The number of ether oxygens (including phenoxy) is 1. The zero-order chi connectivity index (χ0) is 19.0. The molecule has 2 aromatic carbocycles. The first-order valence-electron chi connectivity index (χ1n) is 8.89. The van der Waals surface area contributed by atoms with E-state index >= 15 is 0 Å². The molecule has 1 aliphatic rings. The molecule has 138 valence electrons. The van der Waals surface area contributed by atoms with E-state index < -0.39 is 0 Å². The van der Waals surface area contributed by atoms with Crippen molar-refractivity contribution in [2.45, 2.75) is 12.5 Å². The molecule has 0 saturated heterocycles. The Balaban J connectivity index is 1.90. The van der Waals surface area contributed by atoms with Gasteiger partial charge in [-0.05, 0) is 25.7 Å². The topological polar surface area (TPSA) is 74.4 Å². The molecule has 2 N–H and O–H groups in total. The van der Waals surface area contributed by atoms with Crippen LogP contribution < -0.4 is 10.2 Å². The lowest BCUT2D eigenvalue weighted by Gasteiger charge is -2.28. The predicted octanol–water partition coefficient (Wildman–Crippen LogP) is 2.92. The van der Waals surface area contributed by atoms with E-state index in [2.05, 4.69) is 9.88 Å². The van der Waals surface area contributed by atoms with Gasteiger partial charge in [-0.15, -0.1) is 0 Å². The molecule has 1 aliphatic heterocycles. The third-order valence-electron chi connectivity index (χ3n) is 4.81. The molecule has 1 atom stereocenters. The van der Waals surface area contributed by atoms with Gasteiger partial charge in [0.1, 0.15) is 23.3 Å². The maximum absolute atomic E-state index is 9.87. The third kappa shape index (κ3) is 3.19. The van der Waals surface area contributed by atoms with Crippen molar-refractivity contribution in [3.05, 3.63) is 77.0 Å². The number of rotatable bonds is 4. The first-order chi connectivity index (χ1) is 13.0. The Kier molecular flexibility index (Phi) is 4.41. The van der Waals surface area contributed by atoms with Crippen molar-refractivity contribution in [1.82, 2.24) is 14.5 Å². The molecule has 0 spiro atoms. The summed E-state index contributed by atoms with van der Waals surface area (Å²) in [5.41, 5.74) is 3.14. The quantitative estimate of drug-likeness (QED) is 0.585. The lowest BCUT2D eigenvalue weighted by molar-refractivity contribution is 0.370. The number of fused-ring (bicyclic) bond motifs is 2. The van der Waals surface area contributed by atoms with Gasteiger partial charge in [0.15, 0.2) is 0 Å². The number of aromatic nitrogens is 2. The number of likely N-dealkylation sites (N-methyl/N-ethyl adjacent to an activating group) is 1. The van der Waals surface area contributed by atoms with Gasteiger partial charge in [-0.2, -0.15) is 0 Å². The van der Waals surface area contributed by atoms with Gasteiger partial charge in [0.2, 0.25) is 5.88 Å². The maximum Gasteiger partial charge on any atom is 0.228 e. The average molecular weight is 362 g/mol. The van der Waals surface area contributed by atoms with E-state index in [1.165, 1.54) is 0 Å². The fourth-order valence-electron chi connectivity index (χ4n) is 3.43. The number of hydrogen-bond acceptors (Lipinski definition) is 5. The Hall–Kier alpha value is -3.12. The van der Waals surface area contributed by atoms with Crippen molar-refractivity contribution in [2.24, 2.45) is 0 Å². The van der Waals surface area contributed by atoms with E-state index in [1.54, 1.807) is 18.5 Å². The monoisotopic (exact) mass is 362 g/mol. The minimum atomic E-state index is -0.169. The first kappa shape index (κ1) is 17.3. The van der Waals surface area contributed by atoms with Crippen molar-refractivity contribution in [1.29, 1.82) is 5.41 Å². The van der Waals surface area contributed by atoms with E-state index in [-0.39, 0.29) is 11.7 Å². The summed E-state index contributed by atoms with van der Waals surface area (Å²) in [5.74, 6) is 0.979. The molecular formula is C21H22N4O2. The molecule has 6 nitrogen and oxygen atoms in total. The predicted molar refractivity (Wildman–Crippen MR) is 102 cm³/mol. The zero-order valence-electron chi connectivity index (χ0n) is 15.4. The van der Waals surface area contributed by atoms with Gasteiger partial charge in [0.05, 0.1) is 5.56 Å². The number of nitrogens with one attached hydrogen (secondary N) is 1. The summed E-state index contributed by atoms with van der Waals surface area (Å²) < 4.78 is 7.81. The summed E-state index contributed by atoms with van der Waals surface area (Å²) in [4.78, 5) is 6.56. The van der Waals surface area contributed by atoms with Crippen LogP contribution in [0.4, 0.5) is 0 Å². The van der Waals surface area contributed by atoms with Crippen molar-refractivity contribution in [3.8, 4) is 17.4 Å². The molecule has 6 heteroatoms. The third-order valence-corrected chi connectivity index (χ3v) is 4.81. The lowest BCUT2D eigenvalue weighted by Crippen LogP contribution is -2.32. The second-order valence-corrected chi connectivity index (χ2v) is 6.98. The summed E-state index contributed by atoms with van der Waals surface area (Å²) in [6.45, 7) is 1.49. The molecule has 0 saturated carbocycles. The van der Waals surface area contributed by atoms with Crippen LogP contribution in [0.1, 0.15) is 22.6 Å². The molecule has 3 aromatic rings. The second-order valence-electron chi connectivity index (χ2n) is 6.98. The smallest absolute Gasteiger partial charge is 0.228 e. The molecule has 0 fully saturated rings. The van der Waals surface area contributed by atoms with E-state index in [1.807, 2.05) is 55.1 Å². The number of benzene rings is 2. The summed E-state index contributed by atoms with van der Waals surface area (Å²) in [6, 6.07) is 15.2. The van der Waals surface area contributed by atoms with Crippen molar-refractivity contribution in [3.63, 3.8) is 0 Å². The van der Waals surface area contributed by atoms with Crippen molar-refractivity contribution in [2.75, 3.05) is 20.6 Å². The minimum Gasteiger partial charge on any atom is -0.508 e. The zero-order valence-corrected chi connectivity index (χ0v) is 15.4. The highest BCUT2D eigenvalue weighted by molar-refractivity contribution is 5.57. The molecule has 2 heterocycles. The Morgan fingerprint density at radius 1 is 1.19 bits per heavy atom. The highest BCUT2D eigenvalue weighted by atomic mass is 16.5. The molecule has 1 aromatic heterocycles. The fraction of sp³-hybridized carbons (Fsp3) is 0.238. The van der Waals surface area contributed by atoms with E-state index in [4.69, 9.17) is 10.1 Å².